The van der Waals surface area contributed by atoms with Crippen molar-refractivity contribution in [2.24, 2.45) is 0 Å². The highest BCUT2D eigenvalue weighted by atomic mass is 16.6. The fraction of sp³-hybridized carbons (Fsp3) is 0.579. The van der Waals surface area contributed by atoms with Gasteiger partial charge in [0.1, 0.15) is 5.60 Å². The van der Waals surface area contributed by atoms with Crippen LogP contribution in [0.25, 0.3) is 0 Å². The highest BCUT2D eigenvalue weighted by Gasteiger charge is 2.28. The van der Waals surface area contributed by atoms with Crippen LogP contribution in [0.4, 0.5) is 16.2 Å². The fourth-order valence-electron chi connectivity index (χ4n) is 3.02. The van der Waals surface area contributed by atoms with E-state index in [1.807, 2.05) is 25.7 Å². The summed E-state index contributed by atoms with van der Waals surface area (Å²) in [5.41, 5.74) is -0.212. The zero-order valence-corrected chi connectivity index (χ0v) is 16.7. The Morgan fingerprint density at radius 3 is 2.50 bits per heavy atom. The first-order valence-corrected chi connectivity index (χ1v) is 9.34. The van der Waals surface area contributed by atoms with Crippen LogP contribution in [-0.2, 0) is 9.53 Å². The summed E-state index contributed by atoms with van der Waals surface area (Å²) in [7, 11) is 0. The van der Waals surface area contributed by atoms with Crippen LogP contribution in [0, 0.1) is 10.1 Å². The van der Waals surface area contributed by atoms with E-state index in [-0.39, 0.29) is 23.7 Å². The molecule has 2 rings (SSSR count). The molecule has 1 heterocycles. The van der Waals surface area contributed by atoms with E-state index in [0.29, 0.717) is 31.6 Å². The maximum absolute atomic E-state index is 12.5. The number of alkyl carbamates (subject to hydrolysis) is 1. The molecule has 9 heteroatoms. The van der Waals surface area contributed by atoms with Gasteiger partial charge in [0.05, 0.1) is 11.0 Å². The average Bonchev–Trinajstić information content (AvgIpc) is 2.60. The number of nitrogens with zero attached hydrogens (tertiary/aromatic N) is 2. The van der Waals surface area contributed by atoms with E-state index in [1.54, 1.807) is 13.0 Å². The Morgan fingerprint density at radius 1 is 1.29 bits per heavy atom. The summed E-state index contributed by atoms with van der Waals surface area (Å²) in [5, 5.41) is 16.4. The second-order valence-corrected chi connectivity index (χ2v) is 7.93. The number of hydrogen-bond acceptors (Lipinski definition) is 6. The largest absolute Gasteiger partial charge is 0.444 e. The lowest BCUT2D eigenvalue weighted by Crippen LogP contribution is -2.51. The van der Waals surface area contributed by atoms with Crippen molar-refractivity contribution in [3.05, 3.63) is 34.4 Å². The molecule has 1 saturated heterocycles. The van der Waals surface area contributed by atoms with Crippen LogP contribution in [0.3, 0.4) is 0 Å². The van der Waals surface area contributed by atoms with Crippen molar-refractivity contribution >= 4 is 23.4 Å². The van der Waals surface area contributed by atoms with Crippen LogP contribution >= 0.6 is 0 Å². The van der Waals surface area contributed by atoms with Crippen molar-refractivity contribution < 1.29 is 19.2 Å². The highest BCUT2D eigenvalue weighted by molar-refractivity contribution is 5.94. The second kappa shape index (κ2) is 9.01. The van der Waals surface area contributed by atoms with Crippen molar-refractivity contribution in [3.8, 4) is 0 Å². The van der Waals surface area contributed by atoms with Gasteiger partial charge in [0.15, 0.2) is 0 Å². The Morgan fingerprint density at radius 2 is 1.93 bits per heavy atom. The van der Waals surface area contributed by atoms with Crippen molar-refractivity contribution in [1.29, 1.82) is 0 Å². The fourth-order valence-corrected chi connectivity index (χ4v) is 3.02. The molecule has 1 aromatic carbocycles. The molecule has 28 heavy (non-hydrogen) atoms. The van der Waals surface area contributed by atoms with Gasteiger partial charge < -0.3 is 15.4 Å². The standard InChI is InChI=1S/C19H28N4O5/c1-13(17(24)20-15-6-5-7-16(12-15)23(26)27)22-10-8-14(9-11-22)21-18(25)28-19(2,3)4/h5-7,12-14H,8-11H2,1-4H3,(H,20,24)(H,21,25)/t13-/m0/s1. The molecule has 154 valence electrons. The molecule has 2 N–H and O–H groups in total. The Kier molecular flexibility index (Phi) is 6.95. The molecule has 2 amide bonds. The van der Waals surface area contributed by atoms with E-state index in [1.165, 1.54) is 18.2 Å². The van der Waals surface area contributed by atoms with Crippen LogP contribution in [-0.4, -0.2) is 52.6 Å². The number of rotatable bonds is 5. The molecule has 1 aromatic rings. The molecule has 0 aliphatic carbocycles. The molecular formula is C19H28N4O5. The molecular weight excluding hydrogens is 364 g/mol. The molecule has 9 nitrogen and oxygen atoms in total. The van der Waals surface area contributed by atoms with Gasteiger partial charge in [-0.3, -0.25) is 19.8 Å². The molecule has 1 aliphatic rings. The van der Waals surface area contributed by atoms with Gasteiger partial charge in [-0.25, -0.2) is 4.79 Å². The maximum atomic E-state index is 12.5. The van der Waals surface area contributed by atoms with E-state index >= 15 is 0 Å². The first kappa shape index (κ1) is 21.6. The number of likely N-dealkylation sites (tertiary alicyclic amines) is 1. The smallest absolute Gasteiger partial charge is 0.407 e. The monoisotopic (exact) mass is 392 g/mol. The lowest BCUT2D eigenvalue weighted by Gasteiger charge is -2.35. The van der Waals surface area contributed by atoms with Crippen LogP contribution in [0.15, 0.2) is 24.3 Å². The summed E-state index contributed by atoms with van der Waals surface area (Å²) < 4.78 is 5.27. The van der Waals surface area contributed by atoms with Gasteiger partial charge in [-0.2, -0.15) is 0 Å². The topological polar surface area (TPSA) is 114 Å². The number of nitrogens with one attached hydrogen (secondary N) is 2. The predicted molar refractivity (Wildman–Crippen MR) is 105 cm³/mol. The van der Waals surface area contributed by atoms with Gasteiger partial charge in [0, 0.05) is 37.0 Å². The molecule has 1 aliphatic heterocycles. The molecule has 0 saturated carbocycles. The van der Waals surface area contributed by atoms with Gasteiger partial charge >= 0.3 is 6.09 Å². The SMILES string of the molecule is C[C@@H](C(=O)Nc1cccc([N+](=O)[O-])c1)N1CCC(NC(=O)OC(C)(C)C)CC1. The third-order valence-corrected chi connectivity index (χ3v) is 4.50. The van der Waals surface area contributed by atoms with Crippen LogP contribution in [0.1, 0.15) is 40.5 Å². The number of carbonyl (C=O) groups is 2. The van der Waals surface area contributed by atoms with E-state index < -0.39 is 16.6 Å². The molecule has 0 unspecified atom stereocenters. The minimum atomic E-state index is -0.538. The van der Waals surface area contributed by atoms with Crippen LogP contribution in [0.2, 0.25) is 0 Å². The van der Waals surface area contributed by atoms with Crippen molar-refractivity contribution in [2.45, 2.75) is 58.2 Å². The number of piperidine rings is 1. The number of nitro benzene ring substituents is 1. The summed E-state index contributed by atoms with van der Waals surface area (Å²) in [5.74, 6) is -0.223. The summed E-state index contributed by atoms with van der Waals surface area (Å²) in [4.78, 5) is 36.7. The van der Waals surface area contributed by atoms with Crippen molar-refractivity contribution in [2.75, 3.05) is 18.4 Å². The highest BCUT2D eigenvalue weighted by Crippen LogP contribution is 2.19. The van der Waals surface area contributed by atoms with E-state index in [0.717, 1.165) is 0 Å². The molecule has 1 atom stereocenters. The average molecular weight is 392 g/mol. The Balaban J connectivity index is 1.83. The number of amides is 2. The molecule has 0 aromatic heterocycles. The Labute approximate surface area is 164 Å². The van der Waals surface area contributed by atoms with Crippen molar-refractivity contribution in [1.82, 2.24) is 10.2 Å². The normalized spacial score (nSPS) is 16.9. The maximum Gasteiger partial charge on any atom is 0.407 e. The zero-order valence-electron chi connectivity index (χ0n) is 16.7. The number of non-ortho nitro benzene ring substituents is 1. The van der Waals surface area contributed by atoms with Gasteiger partial charge in [-0.05, 0) is 46.6 Å². The van der Waals surface area contributed by atoms with E-state index in [4.69, 9.17) is 4.74 Å². The molecule has 0 spiro atoms. The number of nitro groups is 1. The van der Waals surface area contributed by atoms with Crippen molar-refractivity contribution in [3.63, 3.8) is 0 Å². The molecule has 0 radical (unpaired) electrons. The number of hydrogen-bond donors (Lipinski definition) is 2. The number of carbonyl (C=O) groups excluding carboxylic acids is 2. The van der Waals surface area contributed by atoms with Gasteiger partial charge in [0.25, 0.3) is 5.69 Å². The minimum absolute atomic E-state index is 0.0122. The Bertz CT molecular complexity index is 723. The number of ether oxygens (including phenoxy) is 1. The lowest BCUT2D eigenvalue weighted by molar-refractivity contribution is -0.384. The zero-order chi connectivity index (χ0) is 20.9. The van der Waals surface area contributed by atoms with Crippen LogP contribution < -0.4 is 10.6 Å². The number of benzene rings is 1. The summed E-state index contributed by atoms with van der Waals surface area (Å²) in [6.45, 7) is 8.56. The van der Waals surface area contributed by atoms with Crippen LogP contribution in [0.5, 0.6) is 0 Å². The van der Waals surface area contributed by atoms with Gasteiger partial charge in [0.2, 0.25) is 5.91 Å². The summed E-state index contributed by atoms with van der Waals surface area (Å²) >= 11 is 0. The lowest BCUT2D eigenvalue weighted by atomic mass is 10.0. The minimum Gasteiger partial charge on any atom is -0.444 e. The molecule has 0 bridgehead atoms. The quantitative estimate of drug-likeness (QED) is 0.588. The van der Waals surface area contributed by atoms with E-state index in [2.05, 4.69) is 10.6 Å². The third kappa shape index (κ3) is 6.49. The number of anilines is 1. The Hall–Kier alpha value is -2.68. The first-order valence-electron chi connectivity index (χ1n) is 9.34. The first-order chi connectivity index (χ1) is 13.0. The second-order valence-electron chi connectivity index (χ2n) is 7.93. The molecule has 1 fully saturated rings. The summed E-state index contributed by atoms with van der Waals surface area (Å²) in [6, 6.07) is 5.49. The van der Waals surface area contributed by atoms with Gasteiger partial charge in [-0.1, -0.05) is 6.07 Å². The third-order valence-electron chi connectivity index (χ3n) is 4.50. The predicted octanol–water partition coefficient (Wildman–Crippen LogP) is 2.91. The summed E-state index contributed by atoms with van der Waals surface area (Å²) in [6.07, 6.45) is 1.00. The van der Waals surface area contributed by atoms with E-state index in [9.17, 15) is 19.7 Å². The van der Waals surface area contributed by atoms with Gasteiger partial charge in [-0.15, -0.1) is 0 Å².